The summed E-state index contributed by atoms with van der Waals surface area (Å²) < 4.78 is 13.4. The number of rotatable bonds is 6. The Bertz CT molecular complexity index is 1270. The highest BCUT2D eigenvalue weighted by Crippen LogP contribution is 2.35. The first-order chi connectivity index (χ1) is 15.1. The summed E-state index contributed by atoms with van der Waals surface area (Å²) in [4.78, 5) is 19.0. The third-order valence-corrected chi connectivity index (χ3v) is 7.27. The predicted molar refractivity (Wildman–Crippen MR) is 122 cm³/mol. The van der Waals surface area contributed by atoms with Gasteiger partial charge in [0.05, 0.1) is 33.7 Å². The Labute approximate surface area is 191 Å². The first kappa shape index (κ1) is 20.7. The van der Waals surface area contributed by atoms with Crippen molar-refractivity contribution in [3.05, 3.63) is 57.0 Å². The molecule has 0 amide bonds. The molecule has 0 bridgehead atoms. The monoisotopic (exact) mass is 474 g/mol. The molecule has 0 aliphatic carbocycles. The molecule has 4 aromatic rings. The van der Waals surface area contributed by atoms with Crippen LogP contribution in [0, 0.1) is 0 Å². The quantitative estimate of drug-likeness (QED) is 0.280. The van der Waals surface area contributed by atoms with E-state index in [1.807, 2.05) is 24.4 Å². The molecular formula is C21H19ClN4O3S2. The molecule has 3 aromatic heterocycles. The topological polar surface area (TPSA) is 83.0 Å². The van der Waals surface area contributed by atoms with Crippen LogP contribution in [0.1, 0.15) is 30.9 Å². The first-order valence-corrected chi connectivity index (χ1v) is 12.1. The van der Waals surface area contributed by atoms with Crippen molar-refractivity contribution < 1.29 is 9.15 Å². The van der Waals surface area contributed by atoms with E-state index in [-0.39, 0.29) is 16.9 Å². The minimum atomic E-state index is -0.194. The number of thioether (sulfide) groups is 1. The molecule has 1 aromatic carbocycles. The molecule has 1 saturated heterocycles. The fourth-order valence-electron chi connectivity index (χ4n) is 3.52. The summed E-state index contributed by atoms with van der Waals surface area (Å²) >= 11 is 9.10. The van der Waals surface area contributed by atoms with Gasteiger partial charge in [0, 0.05) is 11.6 Å². The van der Waals surface area contributed by atoms with Gasteiger partial charge in [-0.25, -0.2) is 4.98 Å². The SMILES string of the molecule is C[C@H](Sc1nc2cc(Cl)ccc2c(=O)n1C[C@@H]1CCCO1)c1nnc(-c2cccs2)o1. The van der Waals surface area contributed by atoms with Crippen molar-refractivity contribution in [1.82, 2.24) is 19.7 Å². The Kier molecular flexibility index (Phi) is 5.83. The number of aromatic nitrogens is 4. The largest absolute Gasteiger partial charge is 0.419 e. The molecule has 160 valence electrons. The molecule has 2 atom stereocenters. The van der Waals surface area contributed by atoms with Gasteiger partial charge in [-0.05, 0) is 49.4 Å². The van der Waals surface area contributed by atoms with E-state index in [9.17, 15) is 4.79 Å². The van der Waals surface area contributed by atoms with Gasteiger partial charge in [0.15, 0.2) is 5.16 Å². The van der Waals surface area contributed by atoms with Gasteiger partial charge in [0.1, 0.15) is 0 Å². The van der Waals surface area contributed by atoms with Crippen molar-refractivity contribution in [3.8, 4) is 10.8 Å². The fourth-order valence-corrected chi connectivity index (χ4v) is 5.28. The van der Waals surface area contributed by atoms with Gasteiger partial charge in [-0.3, -0.25) is 9.36 Å². The molecule has 1 aliphatic heterocycles. The maximum atomic E-state index is 13.3. The molecular weight excluding hydrogens is 456 g/mol. The Morgan fingerprint density at radius 1 is 1.35 bits per heavy atom. The van der Waals surface area contributed by atoms with E-state index in [2.05, 4.69) is 10.2 Å². The second-order valence-electron chi connectivity index (χ2n) is 7.29. The lowest BCUT2D eigenvalue weighted by atomic mass is 10.2. The second kappa shape index (κ2) is 8.74. The van der Waals surface area contributed by atoms with E-state index in [4.69, 9.17) is 25.7 Å². The van der Waals surface area contributed by atoms with E-state index < -0.39 is 0 Å². The van der Waals surface area contributed by atoms with E-state index >= 15 is 0 Å². The summed E-state index contributed by atoms with van der Waals surface area (Å²) in [5.41, 5.74) is 0.470. The molecule has 0 saturated carbocycles. The van der Waals surface area contributed by atoms with Crippen molar-refractivity contribution >= 4 is 45.6 Å². The fraction of sp³-hybridized carbons (Fsp3) is 0.333. The van der Waals surface area contributed by atoms with Gasteiger partial charge in [-0.1, -0.05) is 29.4 Å². The summed E-state index contributed by atoms with van der Waals surface area (Å²) in [5, 5.41) is 11.8. The van der Waals surface area contributed by atoms with Crippen LogP contribution in [0.15, 0.2) is 50.1 Å². The number of hydrogen-bond donors (Lipinski definition) is 0. The van der Waals surface area contributed by atoms with E-state index in [1.54, 1.807) is 34.1 Å². The van der Waals surface area contributed by atoms with Crippen LogP contribution < -0.4 is 5.56 Å². The van der Waals surface area contributed by atoms with Gasteiger partial charge >= 0.3 is 0 Å². The van der Waals surface area contributed by atoms with Crippen LogP contribution in [0.25, 0.3) is 21.7 Å². The highest BCUT2D eigenvalue weighted by atomic mass is 35.5. The van der Waals surface area contributed by atoms with Crippen molar-refractivity contribution in [2.24, 2.45) is 0 Å². The summed E-state index contributed by atoms with van der Waals surface area (Å²) in [6.45, 7) is 3.15. The first-order valence-electron chi connectivity index (χ1n) is 9.94. The molecule has 0 N–H and O–H groups in total. The van der Waals surface area contributed by atoms with Gasteiger partial charge in [-0.2, -0.15) is 0 Å². The van der Waals surface area contributed by atoms with Crippen molar-refractivity contribution in [3.63, 3.8) is 0 Å². The average molecular weight is 475 g/mol. The van der Waals surface area contributed by atoms with Crippen LogP contribution in [0.3, 0.4) is 0 Å². The molecule has 31 heavy (non-hydrogen) atoms. The number of thiophene rings is 1. The minimum absolute atomic E-state index is 0.00717. The maximum absolute atomic E-state index is 13.3. The zero-order chi connectivity index (χ0) is 21.4. The molecule has 1 fully saturated rings. The number of ether oxygens (including phenoxy) is 1. The molecule has 10 heteroatoms. The Morgan fingerprint density at radius 2 is 2.26 bits per heavy atom. The third-order valence-electron chi connectivity index (χ3n) is 5.10. The zero-order valence-electron chi connectivity index (χ0n) is 16.7. The Morgan fingerprint density at radius 3 is 3.03 bits per heavy atom. The minimum Gasteiger partial charge on any atom is -0.419 e. The number of halogens is 1. The summed E-state index contributed by atoms with van der Waals surface area (Å²) in [5.74, 6) is 0.977. The highest BCUT2D eigenvalue weighted by Gasteiger charge is 2.24. The van der Waals surface area contributed by atoms with Crippen LogP contribution in [0.4, 0.5) is 0 Å². The second-order valence-corrected chi connectivity index (χ2v) is 9.98. The molecule has 0 spiro atoms. The molecule has 4 heterocycles. The lowest BCUT2D eigenvalue weighted by Crippen LogP contribution is -2.29. The third kappa shape index (κ3) is 4.27. The van der Waals surface area contributed by atoms with Crippen molar-refractivity contribution in [2.45, 2.75) is 42.8 Å². The summed E-state index contributed by atoms with van der Waals surface area (Å²) in [7, 11) is 0. The zero-order valence-corrected chi connectivity index (χ0v) is 19.0. The van der Waals surface area contributed by atoms with Crippen LogP contribution in [0.2, 0.25) is 5.02 Å². The van der Waals surface area contributed by atoms with Gasteiger partial charge in [0.2, 0.25) is 5.89 Å². The van der Waals surface area contributed by atoms with E-state index in [0.717, 1.165) is 24.3 Å². The normalized spacial score (nSPS) is 17.4. The number of fused-ring (bicyclic) bond motifs is 1. The predicted octanol–water partition coefficient (Wildman–Crippen LogP) is 5.19. The smallest absolute Gasteiger partial charge is 0.262 e. The van der Waals surface area contributed by atoms with E-state index in [1.165, 1.54) is 11.8 Å². The summed E-state index contributed by atoms with van der Waals surface area (Å²) in [6.07, 6.45) is 1.94. The molecule has 7 nitrogen and oxygen atoms in total. The van der Waals surface area contributed by atoms with Crippen molar-refractivity contribution in [1.29, 1.82) is 0 Å². The molecule has 0 unspecified atom stereocenters. The van der Waals surface area contributed by atoms with E-state index in [0.29, 0.717) is 39.4 Å². The number of nitrogens with zero attached hydrogens (tertiary/aromatic N) is 4. The summed E-state index contributed by atoms with van der Waals surface area (Å²) in [6, 6.07) is 9.03. The Hall–Kier alpha value is -2.20. The Balaban J connectivity index is 1.50. The lowest BCUT2D eigenvalue weighted by Gasteiger charge is -2.17. The van der Waals surface area contributed by atoms with Crippen LogP contribution in [-0.4, -0.2) is 32.5 Å². The molecule has 0 radical (unpaired) electrons. The number of benzene rings is 1. The molecule has 5 rings (SSSR count). The van der Waals surface area contributed by atoms with Crippen LogP contribution in [-0.2, 0) is 11.3 Å². The average Bonchev–Trinajstić information content (AvgIpc) is 3.53. The van der Waals surface area contributed by atoms with Gasteiger partial charge in [-0.15, -0.1) is 21.5 Å². The van der Waals surface area contributed by atoms with Crippen molar-refractivity contribution in [2.75, 3.05) is 6.61 Å². The van der Waals surface area contributed by atoms with Crippen LogP contribution in [0.5, 0.6) is 0 Å². The maximum Gasteiger partial charge on any atom is 0.262 e. The highest BCUT2D eigenvalue weighted by molar-refractivity contribution is 7.99. The van der Waals surface area contributed by atoms with Gasteiger partial charge in [0.25, 0.3) is 11.4 Å². The lowest BCUT2D eigenvalue weighted by molar-refractivity contribution is 0.0937. The van der Waals surface area contributed by atoms with Crippen LogP contribution >= 0.6 is 34.7 Å². The van der Waals surface area contributed by atoms with Gasteiger partial charge < -0.3 is 9.15 Å². The molecule has 1 aliphatic rings. The standard InChI is InChI=1S/C21H19ClN4O3S2/c1-12(18-24-25-19(29-18)17-5-3-9-30-17)31-21-23-16-10-13(22)6-7-15(16)20(27)26(21)11-14-4-2-8-28-14/h3,5-7,9-10,12,14H,2,4,8,11H2,1H3/t12-,14-/m0/s1. The number of hydrogen-bond acceptors (Lipinski definition) is 8.